The summed E-state index contributed by atoms with van der Waals surface area (Å²) in [6, 6.07) is 18.4. The number of aromatic nitrogens is 1. The number of nitrogens with one attached hydrogen (secondary N) is 2. The summed E-state index contributed by atoms with van der Waals surface area (Å²) in [4.78, 5) is 25.3. The van der Waals surface area contributed by atoms with Crippen molar-refractivity contribution in [1.82, 2.24) is 4.57 Å². The summed E-state index contributed by atoms with van der Waals surface area (Å²) in [5, 5.41) is 5.62. The number of anilines is 2. The van der Waals surface area contributed by atoms with Gasteiger partial charge in [0.15, 0.2) is 3.95 Å². The van der Waals surface area contributed by atoms with Gasteiger partial charge in [-0.3, -0.25) is 14.2 Å². The van der Waals surface area contributed by atoms with Gasteiger partial charge in [-0.2, -0.15) is 0 Å². The molecule has 1 heterocycles. The minimum absolute atomic E-state index is 0.138. The molecule has 8 heteroatoms. The summed E-state index contributed by atoms with van der Waals surface area (Å²) in [5.41, 5.74) is 1.42. The first-order valence-electron chi connectivity index (χ1n) is 8.13. The first-order chi connectivity index (χ1) is 13.1. The van der Waals surface area contributed by atoms with Crippen LogP contribution in [-0.2, 0) is 4.79 Å². The van der Waals surface area contributed by atoms with Gasteiger partial charge in [-0.1, -0.05) is 47.7 Å². The summed E-state index contributed by atoms with van der Waals surface area (Å²) in [6.07, 6.45) is 0.138. The van der Waals surface area contributed by atoms with Crippen LogP contribution < -0.4 is 10.6 Å². The van der Waals surface area contributed by atoms with Gasteiger partial charge < -0.3 is 10.6 Å². The lowest BCUT2D eigenvalue weighted by atomic mass is 10.3. The Bertz CT molecular complexity index is 1000. The highest BCUT2D eigenvalue weighted by Crippen LogP contribution is 2.29. The van der Waals surface area contributed by atoms with Crippen LogP contribution in [0.2, 0.25) is 0 Å². The molecule has 0 saturated heterocycles. The number of para-hydroxylation sites is 2. The fourth-order valence-electron chi connectivity index (χ4n) is 2.44. The van der Waals surface area contributed by atoms with Gasteiger partial charge in [-0.05, 0) is 36.5 Å². The van der Waals surface area contributed by atoms with E-state index in [0.29, 0.717) is 20.3 Å². The van der Waals surface area contributed by atoms with Gasteiger partial charge in [0.2, 0.25) is 5.91 Å². The molecule has 27 heavy (non-hydrogen) atoms. The van der Waals surface area contributed by atoms with Crippen LogP contribution in [0.1, 0.15) is 16.1 Å². The summed E-state index contributed by atoms with van der Waals surface area (Å²) in [7, 11) is 0. The summed E-state index contributed by atoms with van der Waals surface area (Å²) >= 11 is 12.3. The van der Waals surface area contributed by atoms with Gasteiger partial charge >= 0.3 is 0 Å². The standard InChI is InChI=1S/C19H16ClN3O2S2/c20-12-11-15(24)22-17-16(18(25)21-13-7-3-1-4-8-13)27-19(26)23(17)14-9-5-2-6-10-14/h1-10H,11-12H2,(H,21,25)(H,22,24). The van der Waals surface area contributed by atoms with E-state index >= 15 is 0 Å². The fraction of sp³-hybridized carbons (Fsp3) is 0.105. The molecule has 3 rings (SSSR count). The average Bonchev–Trinajstić information content (AvgIpc) is 2.99. The molecule has 0 radical (unpaired) electrons. The smallest absolute Gasteiger partial charge is 0.269 e. The first kappa shape index (κ1) is 19.3. The van der Waals surface area contributed by atoms with Crippen molar-refractivity contribution in [2.45, 2.75) is 6.42 Å². The van der Waals surface area contributed by atoms with Gasteiger partial charge in [-0.25, -0.2) is 0 Å². The van der Waals surface area contributed by atoms with E-state index in [1.54, 1.807) is 16.7 Å². The van der Waals surface area contributed by atoms with Crippen molar-refractivity contribution in [3.63, 3.8) is 0 Å². The van der Waals surface area contributed by atoms with Crippen molar-refractivity contribution in [1.29, 1.82) is 0 Å². The zero-order valence-corrected chi connectivity index (χ0v) is 16.5. The highest BCUT2D eigenvalue weighted by molar-refractivity contribution is 7.73. The zero-order chi connectivity index (χ0) is 19.2. The zero-order valence-electron chi connectivity index (χ0n) is 14.1. The Morgan fingerprint density at radius 2 is 1.63 bits per heavy atom. The molecule has 0 aliphatic rings. The molecule has 3 aromatic rings. The quantitative estimate of drug-likeness (QED) is 0.434. The van der Waals surface area contributed by atoms with E-state index in [2.05, 4.69) is 10.6 Å². The molecule has 1 aromatic heterocycles. The summed E-state index contributed by atoms with van der Waals surface area (Å²) in [5.74, 6) is -0.0859. The molecule has 2 N–H and O–H groups in total. The lowest BCUT2D eigenvalue weighted by Gasteiger charge is -2.12. The average molecular weight is 418 g/mol. The molecule has 0 aliphatic carbocycles. The van der Waals surface area contributed by atoms with Crippen molar-refractivity contribution in [2.24, 2.45) is 0 Å². The lowest BCUT2D eigenvalue weighted by molar-refractivity contribution is -0.115. The molecular formula is C19H16ClN3O2S2. The van der Waals surface area contributed by atoms with Crippen molar-refractivity contribution in [3.05, 3.63) is 69.5 Å². The number of halogens is 1. The highest BCUT2D eigenvalue weighted by atomic mass is 35.5. The van der Waals surface area contributed by atoms with Crippen LogP contribution in [0.3, 0.4) is 0 Å². The van der Waals surface area contributed by atoms with E-state index in [-0.39, 0.29) is 24.1 Å². The molecule has 0 spiro atoms. The minimum atomic E-state index is -0.340. The number of carbonyl (C=O) groups excluding carboxylic acids is 2. The van der Waals surface area contributed by atoms with Crippen molar-refractivity contribution in [3.8, 4) is 5.69 Å². The van der Waals surface area contributed by atoms with Crippen LogP contribution >= 0.6 is 35.2 Å². The van der Waals surface area contributed by atoms with Crippen molar-refractivity contribution < 1.29 is 9.59 Å². The van der Waals surface area contributed by atoms with E-state index in [1.807, 2.05) is 48.5 Å². The first-order valence-corrected chi connectivity index (χ1v) is 9.89. The Morgan fingerprint density at radius 3 is 2.26 bits per heavy atom. The summed E-state index contributed by atoms with van der Waals surface area (Å²) < 4.78 is 2.15. The number of alkyl halides is 1. The molecule has 0 aliphatic heterocycles. The van der Waals surface area contributed by atoms with Crippen LogP contribution in [0.25, 0.3) is 5.69 Å². The third-order valence-electron chi connectivity index (χ3n) is 3.64. The van der Waals surface area contributed by atoms with E-state index in [9.17, 15) is 9.59 Å². The van der Waals surface area contributed by atoms with Crippen molar-refractivity contribution in [2.75, 3.05) is 16.5 Å². The van der Waals surface area contributed by atoms with Crippen LogP contribution in [-0.4, -0.2) is 22.3 Å². The van der Waals surface area contributed by atoms with E-state index in [0.717, 1.165) is 17.0 Å². The van der Waals surface area contributed by atoms with Gasteiger partial charge in [0.05, 0.1) is 0 Å². The van der Waals surface area contributed by atoms with Crippen LogP contribution in [0.5, 0.6) is 0 Å². The second-order valence-corrected chi connectivity index (χ2v) is 7.55. The van der Waals surface area contributed by atoms with Gasteiger partial charge in [0.1, 0.15) is 10.7 Å². The number of benzene rings is 2. The molecule has 0 fully saturated rings. The number of amides is 2. The van der Waals surface area contributed by atoms with Crippen LogP contribution in [0.4, 0.5) is 11.5 Å². The third-order valence-corrected chi connectivity index (χ3v) is 5.20. The number of thiazole rings is 1. The maximum Gasteiger partial charge on any atom is 0.269 e. The topological polar surface area (TPSA) is 63.1 Å². The maximum absolute atomic E-state index is 12.8. The SMILES string of the molecule is O=C(CCCl)Nc1c(C(=O)Nc2ccccc2)sc(=S)n1-c1ccccc1. The third kappa shape index (κ3) is 4.63. The molecule has 0 unspecified atom stereocenters. The molecule has 0 bridgehead atoms. The summed E-state index contributed by atoms with van der Waals surface area (Å²) in [6.45, 7) is 0. The van der Waals surface area contributed by atoms with Gasteiger partial charge in [0, 0.05) is 23.7 Å². The number of carbonyl (C=O) groups is 2. The number of hydrogen-bond acceptors (Lipinski definition) is 4. The number of nitrogens with zero attached hydrogens (tertiary/aromatic N) is 1. The van der Waals surface area contributed by atoms with Crippen LogP contribution in [0.15, 0.2) is 60.7 Å². The Balaban J connectivity index is 2.03. The molecule has 0 atom stereocenters. The largest absolute Gasteiger partial charge is 0.321 e. The van der Waals surface area contributed by atoms with Crippen molar-refractivity contribution >= 4 is 58.5 Å². The van der Waals surface area contributed by atoms with E-state index in [1.165, 1.54) is 0 Å². The number of hydrogen-bond donors (Lipinski definition) is 2. The Morgan fingerprint density at radius 1 is 1.00 bits per heavy atom. The van der Waals surface area contributed by atoms with Gasteiger partial charge in [0.25, 0.3) is 5.91 Å². The normalized spacial score (nSPS) is 10.4. The molecular weight excluding hydrogens is 402 g/mol. The maximum atomic E-state index is 12.8. The Labute approximate surface area is 170 Å². The minimum Gasteiger partial charge on any atom is -0.321 e. The second kappa shape index (κ2) is 8.94. The molecule has 138 valence electrons. The predicted octanol–water partition coefficient (Wildman–Crippen LogP) is 5.09. The molecule has 2 amide bonds. The number of rotatable bonds is 6. The van der Waals surface area contributed by atoms with Crippen LogP contribution in [0, 0.1) is 3.95 Å². The lowest BCUT2D eigenvalue weighted by Crippen LogP contribution is -2.19. The van der Waals surface area contributed by atoms with E-state index < -0.39 is 0 Å². The van der Waals surface area contributed by atoms with Gasteiger partial charge in [-0.15, -0.1) is 11.6 Å². The molecule has 2 aromatic carbocycles. The molecule has 0 saturated carbocycles. The monoisotopic (exact) mass is 417 g/mol. The fourth-order valence-corrected chi connectivity index (χ4v) is 3.91. The second-order valence-electron chi connectivity index (χ2n) is 5.52. The predicted molar refractivity (Wildman–Crippen MR) is 113 cm³/mol. The Kier molecular flexibility index (Phi) is 6.39. The highest BCUT2D eigenvalue weighted by Gasteiger charge is 2.22. The van der Waals surface area contributed by atoms with E-state index in [4.69, 9.17) is 23.8 Å². The Hall–Kier alpha value is -2.48. The molecule has 5 nitrogen and oxygen atoms in total.